The zero-order valence-electron chi connectivity index (χ0n) is 15.9. The molecule has 2 amide bonds. The van der Waals surface area contributed by atoms with Crippen molar-refractivity contribution in [3.05, 3.63) is 65.4 Å². The third-order valence-corrected chi connectivity index (χ3v) is 5.40. The zero-order valence-corrected chi connectivity index (χ0v) is 28.1. The van der Waals surface area contributed by atoms with E-state index in [1.165, 1.54) is 0 Å². The third-order valence-electron chi connectivity index (χ3n) is 4.16. The molecule has 1 aromatic rings. The van der Waals surface area contributed by atoms with Crippen LogP contribution in [0.15, 0.2) is 47.7 Å². The summed E-state index contributed by atoms with van der Waals surface area (Å²) in [7, 11) is 0. The van der Waals surface area contributed by atoms with Gasteiger partial charge in [-0.2, -0.15) is 48.1 Å². The Morgan fingerprint density at radius 1 is 1.36 bits per heavy atom. The first kappa shape index (κ1) is 32.4. The number of allylic oxidation sites excluding steroid dienone is 3. The fourth-order valence-corrected chi connectivity index (χ4v) is 4.14. The predicted octanol–water partition coefficient (Wildman–Crippen LogP) is 1.89. The summed E-state index contributed by atoms with van der Waals surface area (Å²) in [5, 5.41) is 2.59. The summed E-state index contributed by atoms with van der Waals surface area (Å²) in [5.41, 5.74) is 8.75. The molecular weight excluding hydrogens is 678 g/mol. The van der Waals surface area contributed by atoms with Crippen molar-refractivity contribution < 1.29 is 140 Å². The van der Waals surface area contributed by atoms with Crippen LogP contribution >= 0.6 is 11.8 Å². The molecule has 1 saturated heterocycles. The normalized spacial score (nSPS) is 18.5. The average molecular weight is 697 g/mol. The number of nitrogens with one attached hydrogen (secondary N) is 1. The van der Waals surface area contributed by atoms with E-state index in [2.05, 4.69) is 11.4 Å². The number of benzene rings is 1. The van der Waals surface area contributed by atoms with Gasteiger partial charge in [-0.1, -0.05) is 12.2 Å². The SMILES string of the molecule is C/C=C\C1=C(C)N2C(=O)[C-](NC(=O)C(N)c3cc[c-]cc3)C2SC1.[Y].[Y].[Y].[Y]. The maximum absolute atomic E-state index is 12.4. The van der Waals surface area contributed by atoms with Gasteiger partial charge in [0, 0.05) is 142 Å². The standard InChI is InChI=1S/C18H19N3O2S.4Y/c1-3-7-13-10-24-18-15(17(23)21(18)11(13)2)20-16(22)14(19)12-8-5-4-6-9-12;;;;/h3,5-9,14,18H,10,19H2,1-2H3,(H,20,22);;;;/q-2;;;;/b7-3-;;;;. The maximum Gasteiger partial charge on any atom is 0.213 e. The van der Waals surface area contributed by atoms with Crippen LogP contribution in [0.3, 0.4) is 0 Å². The first-order chi connectivity index (χ1) is 11.5. The number of amides is 2. The van der Waals surface area contributed by atoms with Crippen molar-refractivity contribution in [2.75, 3.05) is 5.75 Å². The minimum atomic E-state index is -0.808. The van der Waals surface area contributed by atoms with Gasteiger partial charge >= 0.3 is 0 Å². The zero-order chi connectivity index (χ0) is 17.3. The molecule has 10 heteroatoms. The number of fused-ring (bicyclic) bond motifs is 1. The van der Waals surface area contributed by atoms with Crippen LogP contribution in [0.5, 0.6) is 0 Å². The number of nitrogens with zero attached hydrogens (tertiary/aromatic N) is 1. The van der Waals surface area contributed by atoms with E-state index in [9.17, 15) is 9.59 Å². The molecule has 28 heavy (non-hydrogen) atoms. The monoisotopic (exact) mass is 697 g/mol. The largest absolute Gasteiger partial charge is 0.475 e. The van der Waals surface area contributed by atoms with Crippen molar-refractivity contribution in [1.29, 1.82) is 0 Å². The Kier molecular flexibility index (Phi) is 17.5. The molecule has 1 fully saturated rings. The van der Waals surface area contributed by atoms with Gasteiger partial charge in [0.25, 0.3) is 0 Å². The number of carbonyl (C=O) groups is 2. The quantitative estimate of drug-likeness (QED) is 0.373. The summed E-state index contributed by atoms with van der Waals surface area (Å²) in [4.78, 5) is 26.5. The van der Waals surface area contributed by atoms with Gasteiger partial charge in [0.05, 0.1) is 6.04 Å². The second-order valence-electron chi connectivity index (χ2n) is 5.66. The molecule has 138 valence electrons. The third kappa shape index (κ3) is 7.12. The van der Waals surface area contributed by atoms with Crippen LogP contribution in [0, 0.1) is 12.1 Å². The van der Waals surface area contributed by atoms with Crippen LogP contribution < -0.4 is 11.1 Å². The Bertz CT molecular complexity index is 731. The topological polar surface area (TPSA) is 75.4 Å². The first-order valence-corrected chi connectivity index (χ1v) is 8.76. The molecule has 4 radical (unpaired) electrons. The molecule has 3 N–H and O–H groups in total. The molecule has 1 aromatic carbocycles. The van der Waals surface area contributed by atoms with Gasteiger partial charge in [0.2, 0.25) is 5.91 Å². The van der Waals surface area contributed by atoms with Crippen molar-refractivity contribution in [3.63, 3.8) is 0 Å². The number of β-lactam (4-membered cyclic amide) rings is 1. The number of carbonyl (C=O) groups excluding carboxylic acids is 2. The van der Waals surface area contributed by atoms with Gasteiger partial charge in [-0.3, -0.25) is 4.79 Å². The second-order valence-corrected chi connectivity index (χ2v) is 6.73. The molecule has 2 heterocycles. The summed E-state index contributed by atoms with van der Waals surface area (Å²) in [6.07, 6.45) is 3.98. The molecule has 0 bridgehead atoms. The molecule has 0 aromatic heterocycles. The van der Waals surface area contributed by atoms with Crippen LogP contribution in [0.25, 0.3) is 0 Å². The van der Waals surface area contributed by atoms with Crippen molar-refractivity contribution >= 4 is 23.6 Å². The molecule has 2 unspecified atom stereocenters. The predicted molar refractivity (Wildman–Crippen MR) is 94.2 cm³/mol. The second kappa shape index (κ2) is 15.1. The fraction of sp³-hybridized carbons (Fsp3) is 0.278. The van der Waals surface area contributed by atoms with Gasteiger partial charge in [-0.05, 0) is 24.8 Å². The van der Waals surface area contributed by atoms with Crippen molar-refractivity contribution in [1.82, 2.24) is 10.2 Å². The minimum absolute atomic E-state index is 0. The molecule has 2 atom stereocenters. The molecule has 2 aliphatic rings. The number of hydrogen-bond acceptors (Lipinski definition) is 4. The Hall–Kier alpha value is 2.24. The maximum atomic E-state index is 12.4. The summed E-state index contributed by atoms with van der Waals surface area (Å²) in [6.45, 7) is 3.89. The van der Waals surface area contributed by atoms with Crippen LogP contribution in [0.4, 0.5) is 0 Å². The Labute approximate surface area is 271 Å². The molecular formula is C18H19N3O2SY4-2. The van der Waals surface area contributed by atoms with E-state index < -0.39 is 6.04 Å². The summed E-state index contributed by atoms with van der Waals surface area (Å²) in [5.74, 6) is 0.282. The van der Waals surface area contributed by atoms with Crippen molar-refractivity contribution in [3.8, 4) is 0 Å². The van der Waals surface area contributed by atoms with E-state index in [1.807, 2.05) is 26.0 Å². The van der Waals surface area contributed by atoms with Crippen LogP contribution in [-0.2, 0) is 140 Å². The van der Waals surface area contributed by atoms with Gasteiger partial charge in [0.15, 0.2) is 0 Å². The fourth-order valence-electron chi connectivity index (χ4n) is 2.77. The number of thioether (sulfide) groups is 1. The van der Waals surface area contributed by atoms with E-state index in [0.717, 1.165) is 17.0 Å². The Morgan fingerprint density at radius 3 is 2.54 bits per heavy atom. The van der Waals surface area contributed by atoms with Crippen LogP contribution in [0.1, 0.15) is 25.5 Å². The molecule has 0 spiro atoms. The summed E-state index contributed by atoms with van der Waals surface area (Å²) < 4.78 is 0. The number of rotatable bonds is 4. The number of hydrogen-bond donors (Lipinski definition) is 2. The molecule has 0 aliphatic carbocycles. The molecule has 0 saturated carbocycles. The Morgan fingerprint density at radius 2 is 1.96 bits per heavy atom. The van der Waals surface area contributed by atoms with Gasteiger partial charge in [-0.25, -0.2) is 0 Å². The van der Waals surface area contributed by atoms with Crippen molar-refractivity contribution in [2.45, 2.75) is 25.3 Å². The number of nitrogens with two attached hydrogens (primary N) is 1. The van der Waals surface area contributed by atoms with Crippen molar-refractivity contribution in [2.24, 2.45) is 5.73 Å². The summed E-state index contributed by atoms with van der Waals surface area (Å²) >= 11 is 1.62. The first-order valence-electron chi connectivity index (χ1n) is 7.71. The smallest absolute Gasteiger partial charge is 0.213 e. The molecule has 2 aliphatic heterocycles. The summed E-state index contributed by atoms with van der Waals surface area (Å²) in [6, 6.07) is 9.40. The van der Waals surface area contributed by atoms with Crippen LogP contribution in [-0.4, -0.2) is 27.8 Å². The van der Waals surface area contributed by atoms with Crippen LogP contribution in [0.2, 0.25) is 0 Å². The van der Waals surface area contributed by atoms with E-state index in [-0.39, 0.29) is 148 Å². The average Bonchev–Trinajstić information content (AvgIpc) is 2.61. The van der Waals surface area contributed by atoms with Gasteiger partial charge in [0.1, 0.15) is 5.91 Å². The minimum Gasteiger partial charge on any atom is -0.475 e. The van der Waals surface area contributed by atoms with E-state index in [0.29, 0.717) is 11.6 Å². The van der Waals surface area contributed by atoms with E-state index >= 15 is 0 Å². The van der Waals surface area contributed by atoms with Gasteiger partial charge in [-0.15, -0.1) is 5.56 Å². The Balaban J connectivity index is 0. The van der Waals surface area contributed by atoms with E-state index in [4.69, 9.17) is 5.73 Å². The molecule has 5 nitrogen and oxygen atoms in total. The van der Waals surface area contributed by atoms with Gasteiger partial charge < -0.3 is 20.7 Å². The molecule has 3 rings (SSSR count). The van der Waals surface area contributed by atoms with E-state index in [1.54, 1.807) is 40.9 Å².